The normalized spacial score (nSPS) is 16.9. The molecule has 1 heterocycles. The molecule has 2 amide bonds. The van der Waals surface area contributed by atoms with Gasteiger partial charge in [0.1, 0.15) is 5.75 Å². The van der Waals surface area contributed by atoms with Crippen LogP contribution >= 0.6 is 0 Å². The summed E-state index contributed by atoms with van der Waals surface area (Å²) in [5.41, 5.74) is 2.01. The van der Waals surface area contributed by atoms with E-state index in [0.717, 1.165) is 29.7 Å². The number of nitrogens with one attached hydrogen (secondary N) is 2. The third-order valence-electron chi connectivity index (χ3n) is 3.37. The molecule has 1 aromatic carbocycles. The first-order chi connectivity index (χ1) is 10.7. The number of carbonyl (C=O) groups excluding carboxylic acids is 1. The Morgan fingerprint density at radius 3 is 3.09 bits per heavy atom. The number of hydrogen-bond donors (Lipinski definition) is 2. The fraction of sp³-hybridized carbons (Fsp3) is 0.471. The van der Waals surface area contributed by atoms with E-state index in [1.807, 2.05) is 31.2 Å². The Morgan fingerprint density at radius 2 is 2.27 bits per heavy atom. The lowest BCUT2D eigenvalue weighted by Gasteiger charge is -2.18. The zero-order valence-electron chi connectivity index (χ0n) is 13.1. The van der Waals surface area contributed by atoms with Crippen molar-refractivity contribution in [3.05, 3.63) is 42.0 Å². The van der Waals surface area contributed by atoms with Crippen molar-refractivity contribution < 1.29 is 14.3 Å². The first-order valence-corrected chi connectivity index (χ1v) is 7.65. The highest BCUT2D eigenvalue weighted by Crippen LogP contribution is 2.30. The van der Waals surface area contributed by atoms with E-state index in [2.05, 4.69) is 17.2 Å². The minimum Gasteiger partial charge on any atom is -0.493 e. The second-order valence-corrected chi connectivity index (χ2v) is 5.49. The molecule has 2 N–H and O–H groups in total. The third-order valence-corrected chi connectivity index (χ3v) is 3.37. The Morgan fingerprint density at radius 1 is 1.45 bits per heavy atom. The quantitative estimate of drug-likeness (QED) is 0.627. The van der Waals surface area contributed by atoms with Crippen LogP contribution < -0.4 is 15.4 Å². The Balaban J connectivity index is 1.80. The van der Waals surface area contributed by atoms with Crippen LogP contribution in [0.2, 0.25) is 0 Å². The van der Waals surface area contributed by atoms with Crippen molar-refractivity contribution in [1.29, 1.82) is 0 Å². The molecule has 0 unspecified atom stereocenters. The standard InChI is InChI=1S/C17H24N2O3/c1-13(2)12-21-11-9-18-17(20)19-15-7-5-10-22-16-8-4-3-6-14(15)16/h3-4,6,8,15H,1,5,7,9-12H2,2H3,(H2,18,19,20)/t15-/m1/s1. The van der Waals surface area contributed by atoms with Crippen LogP contribution in [0.1, 0.15) is 31.4 Å². The van der Waals surface area contributed by atoms with Crippen molar-refractivity contribution in [2.75, 3.05) is 26.4 Å². The molecule has 1 aliphatic heterocycles. The average Bonchev–Trinajstić information content (AvgIpc) is 2.69. The van der Waals surface area contributed by atoms with E-state index < -0.39 is 0 Å². The summed E-state index contributed by atoms with van der Waals surface area (Å²) in [5, 5.41) is 5.82. The topological polar surface area (TPSA) is 59.6 Å². The molecule has 0 saturated heterocycles. The van der Waals surface area contributed by atoms with Crippen LogP contribution in [0.3, 0.4) is 0 Å². The molecule has 0 aromatic heterocycles. The Bertz CT molecular complexity index is 516. The Kier molecular flexibility index (Phi) is 6.27. The Hall–Kier alpha value is -2.01. The number of carbonyl (C=O) groups is 1. The van der Waals surface area contributed by atoms with Crippen LogP contribution in [0.15, 0.2) is 36.4 Å². The molecule has 0 bridgehead atoms. The summed E-state index contributed by atoms with van der Waals surface area (Å²) in [6.07, 6.45) is 1.79. The molecule has 1 atom stereocenters. The fourth-order valence-corrected chi connectivity index (χ4v) is 2.37. The highest BCUT2D eigenvalue weighted by atomic mass is 16.5. The van der Waals surface area contributed by atoms with Crippen LogP contribution in [0.5, 0.6) is 5.75 Å². The zero-order valence-corrected chi connectivity index (χ0v) is 13.1. The second kappa shape index (κ2) is 8.44. The lowest BCUT2D eigenvalue weighted by molar-refractivity contribution is 0.157. The fourth-order valence-electron chi connectivity index (χ4n) is 2.37. The molecule has 1 aliphatic rings. The van der Waals surface area contributed by atoms with Gasteiger partial charge in [0.15, 0.2) is 0 Å². The number of urea groups is 1. The second-order valence-electron chi connectivity index (χ2n) is 5.49. The van der Waals surface area contributed by atoms with Crippen LogP contribution in [0.4, 0.5) is 4.79 Å². The maximum absolute atomic E-state index is 12.0. The summed E-state index contributed by atoms with van der Waals surface area (Å²) in [5.74, 6) is 0.857. The average molecular weight is 304 g/mol. The predicted molar refractivity (Wildman–Crippen MR) is 86.1 cm³/mol. The number of benzene rings is 1. The number of fused-ring (bicyclic) bond motifs is 1. The largest absolute Gasteiger partial charge is 0.493 e. The van der Waals surface area contributed by atoms with Crippen molar-refractivity contribution >= 4 is 6.03 Å². The minimum absolute atomic E-state index is 0.0185. The molecular formula is C17H24N2O3. The van der Waals surface area contributed by atoms with Gasteiger partial charge in [-0.15, -0.1) is 0 Å². The molecule has 1 aromatic rings. The summed E-state index contributed by atoms with van der Waals surface area (Å²) in [7, 11) is 0. The molecule has 0 fully saturated rings. The van der Waals surface area contributed by atoms with Crippen LogP contribution in [0, 0.1) is 0 Å². The molecule has 0 spiro atoms. The van der Waals surface area contributed by atoms with Crippen molar-refractivity contribution in [3.8, 4) is 5.75 Å². The summed E-state index contributed by atoms with van der Waals surface area (Å²) >= 11 is 0. The predicted octanol–water partition coefficient (Wildman–Crippen LogP) is 2.79. The molecule has 5 nitrogen and oxygen atoms in total. The van der Waals surface area contributed by atoms with E-state index in [9.17, 15) is 4.79 Å². The van der Waals surface area contributed by atoms with E-state index in [4.69, 9.17) is 9.47 Å². The maximum atomic E-state index is 12.0. The number of amides is 2. The smallest absolute Gasteiger partial charge is 0.315 e. The number of hydrogen-bond acceptors (Lipinski definition) is 3. The summed E-state index contributed by atoms with van der Waals surface area (Å²) in [6, 6.07) is 7.65. The summed E-state index contributed by atoms with van der Waals surface area (Å²) in [6.45, 7) is 7.83. The van der Waals surface area contributed by atoms with E-state index in [1.165, 1.54) is 0 Å². The molecule has 0 saturated carbocycles. The van der Waals surface area contributed by atoms with Gasteiger partial charge < -0.3 is 20.1 Å². The van der Waals surface area contributed by atoms with E-state index >= 15 is 0 Å². The van der Waals surface area contributed by atoms with E-state index in [0.29, 0.717) is 26.4 Å². The summed E-state index contributed by atoms with van der Waals surface area (Å²) in [4.78, 5) is 12.0. The SMILES string of the molecule is C=C(C)COCCNC(=O)N[C@@H]1CCCOc2ccccc21. The van der Waals surface area contributed by atoms with Crippen LogP contribution in [-0.2, 0) is 4.74 Å². The lowest BCUT2D eigenvalue weighted by atomic mass is 10.0. The molecule has 0 aliphatic carbocycles. The van der Waals surface area contributed by atoms with Gasteiger partial charge in [-0.05, 0) is 25.8 Å². The lowest BCUT2D eigenvalue weighted by Crippen LogP contribution is -2.39. The maximum Gasteiger partial charge on any atom is 0.315 e. The van der Waals surface area contributed by atoms with E-state index in [1.54, 1.807) is 0 Å². The van der Waals surface area contributed by atoms with Crippen LogP contribution in [0.25, 0.3) is 0 Å². The number of ether oxygens (including phenoxy) is 2. The first-order valence-electron chi connectivity index (χ1n) is 7.65. The molecule has 5 heteroatoms. The number of rotatable bonds is 6. The van der Waals surface area contributed by atoms with Gasteiger partial charge in [-0.2, -0.15) is 0 Å². The van der Waals surface area contributed by atoms with Gasteiger partial charge in [0.05, 0.1) is 25.9 Å². The van der Waals surface area contributed by atoms with Crippen LogP contribution in [-0.4, -0.2) is 32.4 Å². The molecule has 22 heavy (non-hydrogen) atoms. The van der Waals surface area contributed by atoms with Crippen molar-refractivity contribution in [2.45, 2.75) is 25.8 Å². The molecule has 2 rings (SSSR count). The van der Waals surface area contributed by atoms with Gasteiger partial charge in [-0.3, -0.25) is 0 Å². The molecule has 120 valence electrons. The van der Waals surface area contributed by atoms with Crippen molar-refractivity contribution in [2.24, 2.45) is 0 Å². The van der Waals surface area contributed by atoms with E-state index in [-0.39, 0.29) is 12.1 Å². The monoisotopic (exact) mass is 304 g/mol. The highest BCUT2D eigenvalue weighted by Gasteiger charge is 2.20. The summed E-state index contributed by atoms with van der Waals surface area (Å²) < 4.78 is 11.0. The van der Waals surface area contributed by atoms with Crippen molar-refractivity contribution in [3.63, 3.8) is 0 Å². The first kappa shape index (κ1) is 16.4. The van der Waals surface area contributed by atoms with Gasteiger partial charge in [0, 0.05) is 12.1 Å². The van der Waals surface area contributed by atoms with Gasteiger partial charge in [-0.25, -0.2) is 4.79 Å². The van der Waals surface area contributed by atoms with Gasteiger partial charge in [0.25, 0.3) is 0 Å². The van der Waals surface area contributed by atoms with Crippen molar-refractivity contribution in [1.82, 2.24) is 10.6 Å². The minimum atomic E-state index is -0.180. The molecular weight excluding hydrogens is 280 g/mol. The van der Waals surface area contributed by atoms with Gasteiger partial charge >= 0.3 is 6.03 Å². The highest BCUT2D eigenvalue weighted by molar-refractivity contribution is 5.74. The number of para-hydroxylation sites is 1. The third kappa shape index (κ3) is 5.07. The Labute approximate surface area is 131 Å². The molecule has 0 radical (unpaired) electrons. The van der Waals surface area contributed by atoms with Gasteiger partial charge in [0.2, 0.25) is 0 Å². The zero-order chi connectivity index (χ0) is 15.8. The van der Waals surface area contributed by atoms with Gasteiger partial charge in [-0.1, -0.05) is 30.4 Å².